The number of amides is 1. The number of carbonyl (C=O) groups excluding carboxylic acids is 1. The fourth-order valence-corrected chi connectivity index (χ4v) is 1.83. The average Bonchev–Trinajstić information content (AvgIpc) is 2.93. The van der Waals surface area contributed by atoms with Crippen molar-refractivity contribution in [3.05, 3.63) is 48.0 Å². The zero-order valence-electron chi connectivity index (χ0n) is 10.7. The predicted octanol–water partition coefficient (Wildman–Crippen LogP) is 1.42. The molecule has 0 saturated heterocycles. The number of hydrogen-bond acceptors (Lipinski definition) is 5. The Labute approximate surface area is 114 Å². The molecule has 7 nitrogen and oxygen atoms in total. The lowest BCUT2D eigenvalue weighted by Crippen LogP contribution is -2.30. The molecule has 0 saturated carbocycles. The lowest BCUT2D eigenvalue weighted by molar-refractivity contribution is 0.0962. The second kappa shape index (κ2) is 4.96. The molecule has 0 aliphatic rings. The molecular formula is C13H12N6O. The van der Waals surface area contributed by atoms with Crippen LogP contribution in [0.5, 0.6) is 0 Å². The Kier molecular flexibility index (Phi) is 3.00. The second-order valence-corrected chi connectivity index (χ2v) is 4.27. The molecule has 0 spiro atoms. The lowest BCUT2D eigenvalue weighted by Gasteiger charge is -2.08. The van der Waals surface area contributed by atoms with E-state index in [1.807, 2.05) is 25.1 Å². The summed E-state index contributed by atoms with van der Waals surface area (Å²) < 4.78 is 0. The number of H-pyrrole nitrogens is 1. The van der Waals surface area contributed by atoms with E-state index in [0.717, 1.165) is 5.56 Å². The van der Waals surface area contributed by atoms with E-state index < -0.39 is 0 Å². The predicted molar refractivity (Wildman–Crippen MR) is 74.0 cm³/mol. The Balaban J connectivity index is 1.76. The van der Waals surface area contributed by atoms with E-state index in [1.54, 1.807) is 6.07 Å². The fourth-order valence-electron chi connectivity index (χ4n) is 1.83. The molecule has 3 aromatic rings. The van der Waals surface area contributed by atoms with Crippen molar-refractivity contribution in [1.29, 1.82) is 0 Å². The molecule has 1 aromatic carbocycles. The Morgan fingerprint density at radius 1 is 1.25 bits per heavy atom. The number of aromatic amines is 1. The van der Waals surface area contributed by atoms with Crippen LogP contribution in [-0.4, -0.2) is 25.8 Å². The Morgan fingerprint density at radius 3 is 3.00 bits per heavy atom. The zero-order chi connectivity index (χ0) is 13.9. The number of benzene rings is 1. The van der Waals surface area contributed by atoms with Crippen LogP contribution in [0.4, 0.5) is 5.82 Å². The van der Waals surface area contributed by atoms with E-state index >= 15 is 0 Å². The van der Waals surface area contributed by atoms with E-state index in [-0.39, 0.29) is 5.91 Å². The van der Waals surface area contributed by atoms with Gasteiger partial charge >= 0.3 is 0 Å². The van der Waals surface area contributed by atoms with Crippen molar-refractivity contribution in [1.82, 2.24) is 25.4 Å². The second-order valence-electron chi connectivity index (χ2n) is 4.27. The third-order valence-electron chi connectivity index (χ3n) is 2.80. The van der Waals surface area contributed by atoms with Gasteiger partial charge in [-0.2, -0.15) is 0 Å². The first-order chi connectivity index (χ1) is 9.74. The summed E-state index contributed by atoms with van der Waals surface area (Å²) in [5.41, 5.74) is 8.14. The molecule has 3 N–H and O–H groups in total. The van der Waals surface area contributed by atoms with Gasteiger partial charge in [-0.15, -0.1) is 0 Å². The van der Waals surface area contributed by atoms with Gasteiger partial charge in [0, 0.05) is 5.56 Å². The van der Waals surface area contributed by atoms with Gasteiger partial charge in [-0.1, -0.05) is 17.7 Å². The number of aromatic nitrogens is 4. The molecule has 2 heterocycles. The van der Waals surface area contributed by atoms with Crippen molar-refractivity contribution in [2.75, 3.05) is 5.43 Å². The van der Waals surface area contributed by atoms with Crippen molar-refractivity contribution in [2.24, 2.45) is 0 Å². The zero-order valence-corrected chi connectivity index (χ0v) is 10.7. The number of fused-ring (bicyclic) bond motifs is 1. The maximum Gasteiger partial charge on any atom is 0.269 e. The van der Waals surface area contributed by atoms with Crippen molar-refractivity contribution >= 4 is 22.9 Å². The number of aryl methyl sites for hydroxylation is 1. The molecule has 20 heavy (non-hydrogen) atoms. The maximum absolute atomic E-state index is 12.0. The smallest absolute Gasteiger partial charge is 0.269 e. The van der Waals surface area contributed by atoms with E-state index in [9.17, 15) is 4.79 Å². The Hall–Kier alpha value is -2.96. The van der Waals surface area contributed by atoms with Crippen LogP contribution in [0.3, 0.4) is 0 Å². The van der Waals surface area contributed by atoms with Crippen molar-refractivity contribution in [3.63, 3.8) is 0 Å². The molecule has 0 aliphatic carbocycles. The summed E-state index contributed by atoms with van der Waals surface area (Å²) >= 11 is 0. The number of carbonyl (C=O) groups is 1. The third kappa shape index (κ3) is 2.28. The van der Waals surface area contributed by atoms with E-state index in [2.05, 4.69) is 30.8 Å². The minimum Gasteiger partial charge on any atom is -0.340 e. The summed E-state index contributed by atoms with van der Waals surface area (Å²) in [4.78, 5) is 27.0. The van der Waals surface area contributed by atoms with Crippen LogP contribution in [0.2, 0.25) is 0 Å². The summed E-state index contributed by atoms with van der Waals surface area (Å²) in [6.45, 7) is 1.93. The summed E-state index contributed by atoms with van der Waals surface area (Å²) in [6.07, 6.45) is 2.90. The molecule has 0 fully saturated rings. The van der Waals surface area contributed by atoms with E-state index in [4.69, 9.17) is 0 Å². The summed E-state index contributed by atoms with van der Waals surface area (Å²) in [6, 6.07) is 7.32. The number of rotatable bonds is 3. The molecule has 0 unspecified atom stereocenters. The van der Waals surface area contributed by atoms with Crippen molar-refractivity contribution < 1.29 is 4.79 Å². The molecule has 0 bridgehead atoms. The van der Waals surface area contributed by atoms with Crippen LogP contribution >= 0.6 is 0 Å². The average molecular weight is 268 g/mol. The molecule has 0 atom stereocenters. The van der Waals surface area contributed by atoms with Crippen molar-refractivity contribution in [2.45, 2.75) is 6.92 Å². The highest BCUT2D eigenvalue weighted by Gasteiger charge is 2.08. The number of imidazole rings is 1. The van der Waals surface area contributed by atoms with Crippen LogP contribution in [0.1, 0.15) is 15.9 Å². The maximum atomic E-state index is 12.0. The van der Waals surface area contributed by atoms with Gasteiger partial charge in [-0.05, 0) is 19.1 Å². The van der Waals surface area contributed by atoms with Gasteiger partial charge < -0.3 is 4.98 Å². The first-order valence-corrected chi connectivity index (χ1v) is 6.01. The topological polar surface area (TPSA) is 95.6 Å². The van der Waals surface area contributed by atoms with Crippen LogP contribution in [0.15, 0.2) is 36.9 Å². The number of nitrogens with one attached hydrogen (secondary N) is 3. The van der Waals surface area contributed by atoms with Gasteiger partial charge in [0.2, 0.25) is 0 Å². The van der Waals surface area contributed by atoms with Crippen LogP contribution in [0.25, 0.3) is 11.2 Å². The highest BCUT2D eigenvalue weighted by molar-refractivity contribution is 5.95. The minimum atomic E-state index is -0.236. The quantitative estimate of drug-likeness (QED) is 0.624. The molecule has 0 aliphatic heterocycles. The third-order valence-corrected chi connectivity index (χ3v) is 2.80. The molecule has 1 amide bonds. The lowest BCUT2D eigenvalue weighted by atomic mass is 10.1. The standard InChI is InChI=1S/C13H12N6O/c1-8-3-2-4-9(5-8)13(20)19-18-12-10-11(15-6-14-10)16-7-17-12/h2-7H,1H3,(H,19,20)(H2,14,15,16,17,18). The Bertz CT molecular complexity index is 766. The molecule has 3 rings (SSSR count). The number of hydrogen-bond donors (Lipinski definition) is 3. The molecule has 0 radical (unpaired) electrons. The summed E-state index contributed by atoms with van der Waals surface area (Å²) in [5.74, 6) is 0.230. The molecule has 7 heteroatoms. The molecule has 2 aromatic heterocycles. The fraction of sp³-hybridized carbons (Fsp3) is 0.0769. The van der Waals surface area contributed by atoms with Gasteiger partial charge in [-0.25, -0.2) is 15.0 Å². The highest BCUT2D eigenvalue weighted by atomic mass is 16.2. The summed E-state index contributed by atoms with van der Waals surface area (Å²) in [5, 5.41) is 0. The Morgan fingerprint density at radius 2 is 2.15 bits per heavy atom. The largest absolute Gasteiger partial charge is 0.340 e. The van der Waals surface area contributed by atoms with Crippen LogP contribution < -0.4 is 10.9 Å². The van der Waals surface area contributed by atoms with Crippen LogP contribution in [-0.2, 0) is 0 Å². The van der Waals surface area contributed by atoms with Crippen LogP contribution in [0, 0.1) is 6.92 Å². The van der Waals surface area contributed by atoms with Gasteiger partial charge in [0.25, 0.3) is 5.91 Å². The van der Waals surface area contributed by atoms with Gasteiger partial charge in [-0.3, -0.25) is 15.6 Å². The van der Waals surface area contributed by atoms with Gasteiger partial charge in [0.15, 0.2) is 11.5 Å². The number of nitrogens with zero attached hydrogens (tertiary/aromatic N) is 3. The van der Waals surface area contributed by atoms with Gasteiger partial charge in [0.05, 0.1) is 6.33 Å². The molecule has 100 valence electrons. The minimum absolute atomic E-state index is 0.236. The van der Waals surface area contributed by atoms with Crippen molar-refractivity contribution in [3.8, 4) is 0 Å². The van der Waals surface area contributed by atoms with E-state index in [1.165, 1.54) is 12.7 Å². The SMILES string of the molecule is Cc1cccc(C(=O)NNc2ncnc3nc[nH]c23)c1. The monoisotopic (exact) mass is 268 g/mol. The highest BCUT2D eigenvalue weighted by Crippen LogP contribution is 2.13. The number of hydrazine groups is 1. The first kappa shape index (κ1) is 12.1. The summed E-state index contributed by atoms with van der Waals surface area (Å²) in [7, 11) is 0. The molecular weight excluding hydrogens is 256 g/mol. The van der Waals surface area contributed by atoms with E-state index in [0.29, 0.717) is 22.5 Å². The van der Waals surface area contributed by atoms with Gasteiger partial charge in [0.1, 0.15) is 11.8 Å². The normalized spacial score (nSPS) is 10.4. The number of anilines is 1. The first-order valence-electron chi connectivity index (χ1n) is 6.01.